The maximum Gasteiger partial charge on any atom is 0.162 e. The summed E-state index contributed by atoms with van der Waals surface area (Å²) in [6.07, 6.45) is 4.44. The summed E-state index contributed by atoms with van der Waals surface area (Å²) in [5.41, 5.74) is 12.9. The molecule has 2 heterocycles. The van der Waals surface area contributed by atoms with Crippen molar-refractivity contribution >= 4 is 23.1 Å². The molecule has 39 heavy (non-hydrogen) atoms. The molecule has 0 radical (unpaired) electrons. The standard InChI is InChI=1S/C32H31ClN4O2/c1-19-12-20(2)23(13-21(19)18-39-28-10-6-5-9-25(28)33)29-24(16-34)31(35)37(22-8-7-11-36-17-22)26-14-32(3,4)15-27(38)30(26)29/h5-13,17,29H,14-15,18,35H2,1-4H3. The highest BCUT2D eigenvalue weighted by Gasteiger charge is 2.45. The number of para-hydroxylation sites is 1. The molecular formula is C32H31ClN4O2. The first-order valence-corrected chi connectivity index (χ1v) is 13.3. The predicted molar refractivity (Wildman–Crippen MR) is 153 cm³/mol. The van der Waals surface area contributed by atoms with Crippen molar-refractivity contribution in [2.45, 2.75) is 53.1 Å². The SMILES string of the molecule is Cc1cc(C)c(C2C(C#N)=C(N)N(c3cccnc3)C3=C2C(=O)CC(C)(C)C3)cc1COc1ccccc1Cl. The average Bonchev–Trinajstić information content (AvgIpc) is 2.88. The van der Waals surface area contributed by atoms with Crippen molar-refractivity contribution in [2.24, 2.45) is 11.1 Å². The molecule has 2 aliphatic rings. The van der Waals surface area contributed by atoms with Crippen LogP contribution in [0, 0.1) is 30.6 Å². The number of aryl methyl sites for hydroxylation is 2. The normalized spacial score (nSPS) is 18.6. The molecule has 2 aromatic carbocycles. The summed E-state index contributed by atoms with van der Waals surface area (Å²) < 4.78 is 6.06. The van der Waals surface area contributed by atoms with Gasteiger partial charge in [-0.25, -0.2) is 0 Å². The number of carbonyl (C=O) groups excluding carboxylic acids is 1. The van der Waals surface area contributed by atoms with Crippen LogP contribution in [0.3, 0.4) is 0 Å². The summed E-state index contributed by atoms with van der Waals surface area (Å²) in [4.78, 5) is 20.0. The van der Waals surface area contributed by atoms with Gasteiger partial charge in [-0.3, -0.25) is 14.7 Å². The molecule has 198 valence electrons. The molecule has 0 saturated heterocycles. The lowest BCUT2D eigenvalue weighted by molar-refractivity contribution is -0.118. The first-order chi connectivity index (χ1) is 18.6. The van der Waals surface area contributed by atoms with Gasteiger partial charge in [-0.1, -0.05) is 49.7 Å². The second kappa shape index (κ2) is 10.2. The van der Waals surface area contributed by atoms with E-state index in [0.29, 0.717) is 47.2 Å². The van der Waals surface area contributed by atoms with Crippen LogP contribution in [0.25, 0.3) is 0 Å². The summed E-state index contributed by atoms with van der Waals surface area (Å²) in [7, 11) is 0. The molecule has 1 aromatic heterocycles. The Labute approximate surface area is 234 Å². The van der Waals surface area contributed by atoms with E-state index >= 15 is 0 Å². The van der Waals surface area contributed by atoms with Crippen molar-refractivity contribution in [3.8, 4) is 11.8 Å². The Balaban J connectivity index is 1.66. The molecule has 0 amide bonds. The Morgan fingerprint density at radius 3 is 2.62 bits per heavy atom. The van der Waals surface area contributed by atoms with Gasteiger partial charge in [-0.05, 0) is 72.2 Å². The number of nitrogens with two attached hydrogens (primary N) is 1. The number of anilines is 1. The molecule has 5 rings (SSSR count). The summed E-state index contributed by atoms with van der Waals surface area (Å²) in [6.45, 7) is 8.52. The number of nitriles is 1. The fourth-order valence-electron chi connectivity index (χ4n) is 5.70. The van der Waals surface area contributed by atoms with Crippen molar-refractivity contribution in [1.29, 1.82) is 5.26 Å². The fraction of sp³-hybridized carbons (Fsp3) is 0.281. The van der Waals surface area contributed by atoms with Gasteiger partial charge < -0.3 is 10.5 Å². The molecule has 0 saturated carbocycles. The van der Waals surface area contributed by atoms with Crippen LogP contribution < -0.4 is 15.4 Å². The first kappa shape index (κ1) is 26.5. The van der Waals surface area contributed by atoms with Crippen molar-refractivity contribution < 1.29 is 9.53 Å². The van der Waals surface area contributed by atoms with E-state index in [9.17, 15) is 10.1 Å². The third-order valence-corrected chi connectivity index (χ3v) is 7.85. The van der Waals surface area contributed by atoms with E-state index in [1.165, 1.54) is 0 Å². The third kappa shape index (κ3) is 4.91. The Morgan fingerprint density at radius 2 is 1.92 bits per heavy atom. The first-order valence-electron chi connectivity index (χ1n) is 12.9. The van der Waals surface area contributed by atoms with Crippen molar-refractivity contribution in [3.05, 3.63) is 111 Å². The molecule has 0 fully saturated rings. The lowest BCUT2D eigenvalue weighted by Crippen LogP contribution is -2.42. The summed E-state index contributed by atoms with van der Waals surface area (Å²) in [5, 5.41) is 11.0. The van der Waals surface area contributed by atoms with Crippen LogP contribution >= 0.6 is 11.6 Å². The van der Waals surface area contributed by atoms with Crippen LogP contribution in [0.5, 0.6) is 5.75 Å². The van der Waals surface area contributed by atoms with Gasteiger partial charge in [0, 0.05) is 23.9 Å². The number of pyridine rings is 1. The molecule has 0 spiro atoms. The van der Waals surface area contributed by atoms with Crippen LogP contribution in [-0.2, 0) is 11.4 Å². The zero-order chi connectivity index (χ0) is 27.9. The second-order valence-electron chi connectivity index (χ2n) is 11.0. The Morgan fingerprint density at radius 1 is 1.15 bits per heavy atom. The van der Waals surface area contributed by atoms with Crippen LogP contribution in [0.15, 0.2) is 83.6 Å². The number of halogens is 1. The van der Waals surface area contributed by atoms with E-state index in [1.54, 1.807) is 18.5 Å². The van der Waals surface area contributed by atoms with Crippen molar-refractivity contribution in [2.75, 3.05) is 4.90 Å². The highest BCUT2D eigenvalue weighted by atomic mass is 35.5. The van der Waals surface area contributed by atoms with Gasteiger partial charge in [0.1, 0.15) is 18.2 Å². The fourth-order valence-corrected chi connectivity index (χ4v) is 5.89. The van der Waals surface area contributed by atoms with E-state index < -0.39 is 5.92 Å². The average molecular weight is 539 g/mol. The largest absolute Gasteiger partial charge is 0.487 e. The zero-order valence-corrected chi connectivity index (χ0v) is 23.3. The van der Waals surface area contributed by atoms with Crippen molar-refractivity contribution in [1.82, 2.24) is 4.98 Å². The quantitative estimate of drug-likeness (QED) is 0.381. The molecule has 0 bridgehead atoms. The van der Waals surface area contributed by atoms with E-state index in [2.05, 4.69) is 31.0 Å². The Hall–Kier alpha value is -4.08. The van der Waals surface area contributed by atoms with Gasteiger partial charge in [0.05, 0.1) is 34.5 Å². The molecule has 6 nitrogen and oxygen atoms in total. The summed E-state index contributed by atoms with van der Waals surface area (Å²) >= 11 is 6.31. The molecule has 3 aromatic rings. The highest BCUT2D eigenvalue weighted by molar-refractivity contribution is 6.32. The van der Waals surface area contributed by atoms with Crippen molar-refractivity contribution in [3.63, 3.8) is 0 Å². The molecule has 7 heteroatoms. The number of rotatable bonds is 5. The van der Waals surface area contributed by atoms with Gasteiger partial charge in [0.2, 0.25) is 0 Å². The lowest BCUT2D eigenvalue weighted by atomic mass is 9.68. The zero-order valence-electron chi connectivity index (χ0n) is 22.6. The Kier molecular flexibility index (Phi) is 6.96. The minimum Gasteiger partial charge on any atom is -0.487 e. The predicted octanol–water partition coefficient (Wildman–Crippen LogP) is 6.87. The number of hydrogen-bond acceptors (Lipinski definition) is 6. The maximum absolute atomic E-state index is 13.9. The number of carbonyl (C=O) groups is 1. The number of ketones is 1. The minimum absolute atomic E-state index is 0.0363. The molecular weight excluding hydrogens is 508 g/mol. The number of nitrogens with zero attached hydrogens (tertiary/aromatic N) is 3. The van der Waals surface area contributed by atoms with Gasteiger partial charge >= 0.3 is 0 Å². The number of Topliss-reactive ketones (excluding diaryl/α,β-unsaturated/α-hetero) is 1. The van der Waals surface area contributed by atoms with Crippen LogP contribution in [0.1, 0.15) is 54.9 Å². The number of ether oxygens (including phenoxy) is 1. The second-order valence-corrected chi connectivity index (χ2v) is 11.5. The third-order valence-electron chi connectivity index (χ3n) is 7.54. The van der Waals surface area contributed by atoms with Crippen LogP contribution in [-0.4, -0.2) is 10.8 Å². The number of hydrogen-bond donors (Lipinski definition) is 1. The lowest BCUT2D eigenvalue weighted by Gasteiger charge is -2.44. The van der Waals surface area contributed by atoms with Gasteiger partial charge in [0.15, 0.2) is 5.78 Å². The monoisotopic (exact) mass is 538 g/mol. The molecule has 2 N–H and O–H groups in total. The smallest absolute Gasteiger partial charge is 0.162 e. The van der Waals surface area contributed by atoms with Gasteiger partial charge in [-0.2, -0.15) is 5.26 Å². The molecule has 1 unspecified atom stereocenters. The van der Waals surface area contributed by atoms with Gasteiger partial charge in [-0.15, -0.1) is 0 Å². The topological polar surface area (TPSA) is 92.2 Å². The summed E-state index contributed by atoms with van der Waals surface area (Å²) in [5.74, 6) is 0.394. The number of benzene rings is 2. The molecule has 1 aliphatic carbocycles. The maximum atomic E-state index is 13.9. The van der Waals surface area contributed by atoms with E-state index in [0.717, 1.165) is 33.6 Å². The molecule has 1 aliphatic heterocycles. The highest BCUT2D eigenvalue weighted by Crippen LogP contribution is 2.50. The van der Waals surface area contributed by atoms with Crippen LogP contribution in [0.2, 0.25) is 5.02 Å². The van der Waals surface area contributed by atoms with E-state index in [4.69, 9.17) is 22.1 Å². The molecule has 1 atom stereocenters. The van der Waals surface area contributed by atoms with Crippen LogP contribution in [0.4, 0.5) is 5.69 Å². The minimum atomic E-state index is -0.568. The number of allylic oxidation sites excluding steroid dienone is 3. The van der Waals surface area contributed by atoms with E-state index in [-0.39, 0.29) is 11.2 Å². The Bertz CT molecular complexity index is 1570. The number of aromatic nitrogens is 1. The summed E-state index contributed by atoms with van der Waals surface area (Å²) in [6, 6.07) is 17.6. The van der Waals surface area contributed by atoms with E-state index in [1.807, 2.05) is 55.1 Å². The van der Waals surface area contributed by atoms with Gasteiger partial charge in [0.25, 0.3) is 0 Å².